The fourth-order valence-corrected chi connectivity index (χ4v) is 3.46. The van der Waals surface area contributed by atoms with Gasteiger partial charge in [0, 0.05) is 37.4 Å². The molecule has 2 aromatic heterocycles. The molecule has 1 aliphatic heterocycles. The van der Waals surface area contributed by atoms with E-state index in [1.54, 1.807) is 0 Å². The molecule has 3 heterocycles. The van der Waals surface area contributed by atoms with E-state index in [0.717, 1.165) is 4.57 Å². The van der Waals surface area contributed by atoms with Crippen LogP contribution in [0.1, 0.15) is 11.1 Å². The molecule has 0 aliphatic carbocycles. The van der Waals surface area contributed by atoms with Gasteiger partial charge in [-0.15, -0.1) is 0 Å². The van der Waals surface area contributed by atoms with Crippen LogP contribution in [-0.4, -0.2) is 30.4 Å². The molecule has 0 N–H and O–H groups in total. The minimum Gasteiger partial charge on any atom is -0.467 e. The Morgan fingerprint density at radius 3 is 2.75 bits per heavy atom. The quantitative estimate of drug-likeness (QED) is 0.359. The van der Waals surface area contributed by atoms with Crippen LogP contribution in [0.4, 0.5) is 5.69 Å². The lowest BCUT2D eigenvalue weighted by Crippen LogP contribution is -2.37. The molecule has 0 spiro atoms. The predicted molar refractivity (Wildman–Crippen MR) is 97.7 cm³/mol. The zero-order valence-corrected chi connectivity index (χ0v) is 15.6. The third kappa shape index (κ3) is 2.67. The SMILES string of the molecule is Cn1c(=O)c2c(nc(Cl)n2Cc2cc([N+](=O)[O-])cc3c2OCOC3)n(C)c1=O. The maximum atomic E-state index is 12.7. The molecular weight excluding hydrogens is 394 g/mol. The molecule has 0 atom stereocenters. The number of hydrogen-bond donors (Lipinski definition) is 0. The number of nitro groups is 1. The van der Waals surface area contributed by atoms with Gasteiger partial charge >= 0.3 is 5.69 Å². The molecule has 0 saturated carbocycles. The monoisotopic (exact) mass is 407 g/mol. The smallest absolute Gasteiger partial charge is 0.332 e. The number of benzene rings is 1. The molecular formula is C16H14ClN5O6. The van der Waals surface area contributed by atoms with Crippen molar-refractivity contribution in [1.29, 1.82) is 0 Å². The zero-order chi connectivity index (χ0) is 20.2. The van der Waals surface area contributed by atoms with E-state index in [9.17, 15) is 19.7 Å². The normalized spacial score (nSPS) is 13.4. The van der Waals surface area contributed by atoms with Crippen molar-refractivity contribution in [2.75, 3.05) is 6.79 Å². The molecule has 28 heavy (non-hydrogen) atoms. The highest BCUT2D eigenvalue weighted by molar-refractivity contribution is 6.29. The molecule has 11 nitrogen and oxygen atoms in total. The molecule has 4 rings (SSSR count). The molecule has 146 valence electrons. The Bertz CT molecular complexity index is 1260. The van der Waals surface area contributed by atoms with E-state index in [1.807, 2.05) is 0 Å². The number of rotatable bonds is 3. The number of non-ortho nitro benzene ring substituents is 1. The highest BCUT2D eigenvalue weighted by Gasteiger charge is 2.24. The summed E-state index contributed by atoms with van der Waals surface area (Å²) in [6.45, 7) is 0.165. The summed E-state index contributed by atoms with van der Waals surface area (Å²) < 4.78 is 14.3. The van der Waals surface area contributed by atoms with Gasteiger partial charge in [-0.05, 0) is 11.6 Å². The predicted octanol–water partition coefficient (Wildman–Crippen LogP) is 0.910. The highest BCUT2D eigenvalue weighted by Crippen LogP contribution is 2.34. The van der Waals surface area contributed by atoms with Crippen LogP contribution in [0.15, 0.2) is 21.7 Å². The summed E-state index contributed by atoms with van der Waals surface area (Å²) in [7, 11) is 2.83. The van der Waals surface area contributed by atoms with Gasteiger partial charge in [0.25, 0.3) is 11.2 Å². The summed E-state index contributed by atoms with van der Waals surface area (Å²) in [6.07, 6.45) is 0. The molecule has 0 radical (unpaired) electrons. The van der Waals surface area contributed by atoms with Crippen LogP contribution in [0.25, 0.3) is 11.2 Å². The third-order valence-electron chi connectivity index (χ3n) is 4.61. The van der Waals surface area contributed by atoms with Crippen molar-refractivity contribution >= 4 is 28.5 Å². The van der Waals surface area contributed by atoms with Crippen molar-refractivity contribution in [2.45, 2.75) is 13.2 Å². The first-order valence-corrected chi connectivity index (χ1v) is 8.50. The van der Waals surface area contributed by atoms with Gasteiger partial charge in [0.15, 0.2) is 18.0 Å². The Kier molecular flexibility index (Phi) is 4.20. The van der Waals surface area contributed by atoms with Crippen molar-refractivity contribution in [3.63, 3.8) is 0 Å². The lowest BCUT2D eigenvalue weighted by molar-refractivity contribution is -0.385. The van der Waals surface area contributed by atoms with E-state index >= 15 is 0 Å². The van der Waals surface area contributed by atoms with Crippen molar-refractivity contribution < 1.29 is 14.4 Å². The van der Waals surface area contributed by atoms with Crippen LogP contribution in [0.2, 0.25) is 5.28 Å². The number of imidazole rings is 1. The first kappa shape index (κ1) is 18.2. The lowest BCUT2D eigenvalue weighted by Gasteiger charge is -2.21. The summed E-state index contributed by atoms with van der Waals surface area (Å²) in [5.41, 5.74) is -0.0266. The van der Waals surface area contributed by atoms with Crippen LogP contribution in [0, 0.1) is 10.1 Å². The van der Waals surface area contributed by atoms with Crippen LogP contribution in [0.5, 0.6) is 5.75 Å². The second kappa shape index (κ2) is 6.46. The topological polar surface area (TPSA) is 123 Å². The van der Waals surface area contributed by atoms with Crippen LogP contribution in [-0.2, 0) is 32.0 Å². The average molecular weight is 408 g/mol. The summed E-state index contributed by atoms with van der Waals surface area (Å²) in [5, 5.41) is 11.3. The molecule has 0 fully saturated rings. The Balaban J connectivity index is 1.96. The summed E-state index contributed by atoms with van der Waals surface area (Å²) in [4.78, 5) is 39.7. The van der Waals surface area contributed by atoms with Crippen molar-refractivity contribution in [1.82, 2.24) is 18.7 Å². The van der Waals surface area contributed by atoms with Crippen molar-refractivity contribution in [3.05, 3.63) is 59.5 Å². The van der Waals surface area contributed by atoms with Gasteiger partial charge < -0.3 is 14.0 Å². The van der Waals surface area contributed by atoms with Crippen LogP contribution >= 0.6 is 11.6 Å². The molecule has 3 aromatic rings. The summed E-state index contributed by atoms with van der Waals surface area (Å²) in [5.74, 6) is 0.441. The average Bonchev–Trinajstić information content (AvgIpc) is 3.01. The number of nitrogens with zero attached hydrogens (tertiary/aromatic N) is 5. The molecule has 0 saturated heterocycles. The highest BCUT2D eigenvalue weighted by atomic mass is 35.5. The van der Waals surface area contributed by atoms with E-state index in [0.29, 0.717) is 16.9 Å². The molecule has 0 amide bonds. The van der Waals surface area contributed by atoms with Gasteiger partial charge in [-0.2, -0.15) is 4.98 Å². The standard InChI is InChI=1S/C16H14ClN5O6/c1-19-13-11(14(23)20(2)16(19)24)21(15(17)18-13)5-8-3-10(22(25)26)4-9-6-27-7-28-12(8)9/h3-4H,5-7H2,1-2H3. The van der Waals surface area contributed by atoms with Crippen LogP contribution < -0.4 is 16.0 Å². The molecule has 1 aliphatic rings. The first-order valence-electron chi connectivity index (χ1n) is 8.12. The van der Waals surface area contributed by atoms with Gasteiger partial charge in [0.05, 0.1) is 18.1 Å². The van der Waals surface area contributed by atoms with Gasteiger partial charge in [-0.25, -0.2) is 4.79 Å². The third-order valence-corrected chi connectivity index (χ3v) is 4.90. The fraction of sp³-hybridized carbons (Fsp3) is 0.312. The summed E-state index contributed by atoms with van der Waals surface area (Å²) >= 11 is 6.24. The Labute approximate surface area is 161 Å². The number of nitro benzene ring substituents is 1. The second-order valence-electron chi connectivity index (χ2n) is 6.31. The Hall–Kier alpha value is -3.18. The van der Waals surface area contributed by atoms with Gasteiger partial charge in [0.1, 0.15) is 5.75 Å². The molecule has 0 unspecified atom stereocenters. The lowest BCUT2D eigenvalue weighted by atomic mass is 10.1. The van der Waals surface area contributed by atoms with Crippen molar-refractivity contribution in [2.24, 2.45) is 14.1 Å². The Morgan fingerprint density at radius 2 is 2.04 bits per heavy atom. The summed E-state index contributed by atoms with van der Waals surface area (Å²) in [6, 6.07) is 2.74. The largest absolute Gasteiger partial charge is 0.467 e. The van der Waals surface area contributed by atoms with Gasteiger partial charge in [-0.1, -0.05) is 0 Å². The maximum Gasteiger partial charge on any atom is 0.332 e. The number of fused-ring (bicyclic) bond motifs is 2. The fourth-order valence-electron chi connectivity index (χ4n) is 3.24. The minimum absolute atomic E-state index is 0.00644. The molecule has 0 bridgehead atoms. The van der Waals surface area contributed by atoms with E-state index in [-0.39, 0.29) is 42.1 Å². The van der Waals surface area contributed by atoms with E-state index < -0.39 is 16.2 Å². The minimum atomic E-state index is -0.568. The van der Waals surface area contributed by atoms with Crippen LogP contribution in [0.3, 0.4) is 0 Å². The maximum absolute atomic E-state index is 12.7. The molecule has 12 heteroatoms. The number of aryl methyl sites for hydroxylation is 1. The van der Waals surface area contributed by atoms with E-state index in [2.05, 4.69) is 4.98 Å². The van der Waals surface area contributed by atoms with Gasteiger partial charge in [-0.3, -0.25) is 24.0 Å². The zero-order valence-electron chi connectivity index (χ0n) is 14.8. The number of ether oxygens (including phenoxy) is 2. The van der Waals surface area contributed by atoms with E-state index in [4.69, 9.17) is 21.1 Å². The number of aromatic nitrogens is 4. The second-order valence-corrected chi connectivity index (χ2v) is 6.64. The number of halogens is 1. The molecule has 1 aromatic carbocycles. The van der Waals surface area contributed by atoms with E-state index in [1.165, 1.54) is 35.4 Å². The van der Waals surface area contributed by atoms with Gasteiger partial charge in [0.2, 0.25) is 5.28 Å². The Morgan fingerprint density at radius 1 is 1.29 bits per heavy atom. The number of hydrogen-bond acceptors (Lipinski definition) is 7. The van der Waals surface area contributed by atoms with Crippen molar-refractivity contribution in [3.8, 4) is 5.75 Å². The first-order chi connectivity index (χ1) is 13.3.